The molecule has 0 radical (unpaired) electrons. The van der Waals surface area contributed by atoms with Crippen LogP contribution in [0.4, 0.5) is 5.69 Å². The molecular weight excluding hydrogens is 188 g/mol. The van der Waals surface area contributed by atoms with Crippen molar-refractivity contribution in [3.8, 4) is 0 Å². The van der Waals surface area contributed by atoms with Crippen LogP contribution in [0, 0.1) is 0 Å². The van der Waals surface area contributed by atoms with Gasteiger partial charge in [0.2, 0.25) is 0 Å². The SMILES string of the molecule is CCC(CC)c1nnc2ccc(N)cn12. The van der Waals surface area contributed by atoms with E-state index in [0.29, 0.717) is 5.92 Å². The van der Waals surface area contributed by atoms with Gasteiger partial charge in [0.1, 0.15) is 5.82 Å². The zero-order valence-corrected chi connectivity index (χ0v) is 9.14. The Balaban J connectivity index is 2.55. The van der Waals surface area contributed by atoms with E-state index in [1.54, 1.807) is 0 Å². The molecule has 0 bridgehead atoms. The third kappa shape index (κ3) is 1.67. The fraction of sp³-hybridized carbons (Fsp3) is 0.455. The van der Waals surface area contributed by atoms with Crippen LogP contribution in [0.2, 0.25) is 0 Å². The van der Waals surface area contributed by atoms with Gasteiger partial charge < -0.3 is 5.73 Å². The van der Waals surface area contributed by atoms with Crippen LogP contribution in [0.3, 0.4) is 0 Å². The molecule has 4 heteroatoms. The summed E-state index contributed by atoms with van der Waals surface area (Å²) in [4.78, 5) is 0. The van der Waals surface area contributed by atoms with Gasteiger partial charge in [0.25, 0.3) is 0 Å². The van der Waals surface area contributed by atoms with Gasteiger partial charge in [-0.05, 0) is 25.0 Å². The molecule has 2 rings (SSSR count). The highest BCUT2D eigenvalue weighted by Crippen LogP contribution is 2.22. The van der Waals surface area contributed by atoms with E-state index in [1.807, 2.05) is 22.7 Å². The lowest BCUT2D eigenvalue weighted by Gasteiger charge is -2.09. The Labute approximate surface area is 89.1 Å². The largest absolute Gasteiger partial charge is 0.398 e. The minimum atomic E-state index is 0.460. The van der Waals surface area contributed by atoms with Gasteiger partial charge in [-0.2, -0.15) is 0 Å². The number of anilines is 1. The van der Waals surface area contributed by atoms with E-state index >= 15 is 0 Å². The van der Waals surface area contributed by atoms with Crippen molar-refractivity contribution in [1.29, 1.82) is 0 Å². The Bertz CT molecular complexity index is 457. The number of nitrogens with two attached hydrogens (primary N) is 1. The van der Waals surface area contributed by atoms with Crippen LogP contribution in [0.1, 0.15) is 38.4 Å². The highest BCUT2D eigenvalue weighted by Gasteiger charge is 2.14. The minimum Gasteiger partial charge on any atom is -0.398 e. The Hall–Kier alpha value is -1.58. The lowest BCUT2D eigenvalue weighted by atomic mass is 10.0. The molecule has 15 heavy (non-hydrogen) atoms. The second-order valence-electron chi connectivity index (χ2n) is 3.76. The first-order valence-corrected chi connectivity index (χ1v) is 5.36. The highest BCUT2D eigenvalue weighted by atomic mass is 15.2. The normalized spacial score (nSPS) is 11.4. The Morgan fingerprint density at radius 2 is 2.00 bits per heavy atom. The summed E-state index contributed by atoms with van der Waals surface area (Å²) in [6, 6.07) is 3.74. The summed E-state index contributed by atoms with van der Waals surface area (Å²) in [5.74, 6) is 1.48. The van der Waals surface area contributed by atoms with Crippen LogP contribution < -0.4 is 5.73 Å². The second kappa shape index (κ2) is 3.88. The molecule has 0 saturated carbocycles. The van der Waals surface area contributed by atoms with Crippen molar-refractivity contribution in [2.45, 2.75) is 32.6 Å². The smallest absolute Gasteiger partial charge is 0.160 e. The molecule has 4 nitrogen and oxygen atoms in total. The van der Waals surface area contributed by atoms with Gasteiger partial charge in [0.15, 0.2) is 5.65 Å². The molecule has 0 fully saturated rings. The number of fused-ring (bicyclic) bond motifs is 1. The lowest BCUT2D eigenvalue weighted by Crippen LogP contribution is -2.03. The molecular formula is C11H16N4. The summed E-state index contributed by atoms with van der Waals surface area (Å²) in [5.41, 5.74) is 7.37. The summed E-state index contributed by atoms with van der Waals surface area (Å²) in [7, 11) is 0. The molecule has 0 spiro atoms. The summed E-state index contributed by atoms with van der Waals surface area (Å²) in [6.07, 6.45) is 4.04. The molecule has 0 atom stereocenters. The van der Waals surface area contributed by atoms with Gasteiger partial charge in [-0.25, -0.2) is 0 Å². The molecule has 80 valence electrons. The fourth-order valence-corrected chi connectivity index (χ4v) is 1.86. The number of nitrogen functional groups attached to an aromatic ring is 1. The first-order valence-electron chi connectivity index (χ1n) is 5.36. The highest BCUT2D eigenvalue weighted by molar-refractivity contribution is 5.47. The standard InChI is InChI=1S/C11H16N4/c1-3-8(4-2)11-14-13-10-6-5-9(12)7-15(10)11/h5-8H,3-4,12H2,1-2H3. The Morgan fingerprint density at radius 3 is 2.67 bits per heavy atom. The number of pyridine rings is 1. The van der Waals surface area contributed by atoms with Crippen molar-refractivity contribution in [3.63, 3.8) is 0 Å². The van der Waals surface area contributed by atoms with Crippen molar-refractivity contribution in [2.24, 2.45) is 0 Å². The van der Waals surface area contributed by atoms with Crippen molar-refractivity contribution < 1.29 is 0 Å². The molecule has 0 aliphatic carbocycles. The predicted molar refractivity (Wildman–Crippen MR) is 60.7 cm³/mol. The molecule has 2 N–H and O–H groups in total. The van der Waals surface area contributed by atoms with E-state index in [0.717, 1.165) is 30.0 Å². The summed E-state index contributed by atoms with van der Waals surface area (Å²) in [5, 5.41) is 8.37. The van der Waals surface area contributed by atoms with Crippen LogP contribution in [-0.4, -0.2) is 14.6 Å². The third-order valence-electron chi connectivity index (χ3n) is 2.80. The van der Waals surface area contributed by atoms with Crippen molar-refractivity contribution >= 4 is 11.3 Å². The maximum absolute atomic E-state index is 5.76. The topological polar surface area (TPSA) is 56.2 Å². The predicted octanol–water partition coefficient (Wildman–Crippen LogP) is 2.22. The maximum atomic E-state index is 5.76. The zero-order chi connectivity index (χ0) is 10.8. The van der Waals surface area contributed by atoms with Gasteiger partial charge in [0.05, 0.1) is 0 Å². The Kier molecular flexibility index (Phi) is 2.58. The van der Waals surface area contributed by atoms with E-state index < -0.39 is 0 Å². The zero-order valence-electron chi connectivity index (χ0n) is 9.14. The molecule has 0 amide bonds. The average molecular weight is 204 g/mol. The number of hydrogen-bond donors (Lipinski definition) is 1. The van der Waals surface area contributed by atoms with E-state index in [2.05, 4.69) is 24.0 Å². The van der Waals surface area contributed by atoms with Gasteiger partial charge in [-0.3, -0.25) is 4.40 Å². The summed E-state index contributed by atoms with van der Waals surface area (Å²) < 4.78 is 1.99. The van der Waals surface area contributed by atoms with Gasteiger partial charge in [-0.15, -0.1) is 10.2 Å². The van der Waals surface area contributed by atoms with Gasteiger partial charge in [-0.1, -0.05) is 13.8 Å². The van der Waals surface area contributed by atoms with Crippen molar-refractivity contribution in [1.82, 2.24) is 14.6 Å². The molecule has 2 aromatic heterocycles. The lowest BCUT2D eigenvalue weighted by molar-refractivity contribution is 0.595. The van der Waals surface area contributed by atoms with Gasteiger partial charge >= 0.3 is 0 Å². The molecule has 0 unspecified atom stereocenters. The van der Waals surface area contributed by atoms with Crippen LogP contribution >= 0.6 is 0 Å². The van der Waals surface area contributed by atoms with Crippen LogP contribution in [0.5, 0.6) is 0 Å². The first-order chi connectivity index (χ1) is 7.26. The Morgan fingerprint density at radius 1 is 1.27 bits per heavy atom. The van der Waals surface area contributed by atoms with E-state index in [9.17, 15) is 0 Å². The monoisotopic (exact) mass is 204 g/mol. The van der Waals surface area contributed by atoms with Crippen LogP contribution in [0.25, 0.3) is 5.65 Å². The van der Waals surface area contributed by atoms with Crippen LogP contribution in [-0.2, 0) is 0 Å². The molecule has 0 aliphatic rings. The van der Waals surface area contributed by atoms with Crippen molar-refractivity contribution in [2.75, 3.05) is 5.73 Å². The molecule has 2 aromatic rings. The fourth-order valence-electron chi connectivity index (χ4n) is 1.86. The van der Waals surface area contributed by atoms with E-state index in [4.69, 9.17) is 5.73 Å². The summed E-state index contributed by atoms with van der Waals surface area (Å²) in [6.45, 7) is 4.34. The molecule has 2 heterocycles. The van der Waals surface area contributed by atoms with Crippen molar-refractivity contribution in [3.05, 3.63) is 24.2 Å². The number of nitrogens with zero attached hydrogens (tertiary/aromatic N) is 3. The molecule has 0 aliphatic heterocycles. The number of hydrogen-bond acceptors (Lipinski definition) is 3. The first kappa shape index (κ1) is 9.96. The van der Waals surface area contributed by atoms with Gasteiger partial charge in [0, 0.05) is 17.8 Å². The minimum absolute atomic E-state index is 0.460. The summed E-state index contributed by atoms with van der Waals surface area (Å²) >= 11 is 0. The third-order valence-corrected chi connectivity index (χ3v) is 2.80. The number of rotatable bonds is 3. The molecule has 0 saturated heterocycles. The van der Waals surface area contributed by atoms with E-state index in [-0.39, 0.29) is 0 Å². The maximum Gasteiger partial charge on any atom is 0.160 e. The quantitative estimate of drug-likeness (QED) is 0.834. The second-order valence-corrected chi connectivity index (χ2v) is 3.76. The van der Waals surface area contributed by atoms with Crippen LogP contribution in [0.15, 0.2) is 18.3 Å². The average Bonchev–Trinajstić information content (AvgIpc) is 2.64. The van der Waals surface area contributed by atoms with E-state index in [1.165, 1.54) is 0 Å². The molecule has 0 aromatic carbocycles. The number of aromatic nitrogens is 3.